The van der Waals surface area contributed by atoms with Crippen molar-refractivity contribution in [2.75, 3.05) is 51.3 Å². The van der Waals surface area contributed by atoms with Gasteiger partial charge in [0.25, 0.3) is 0 Å². The Morgan fingerprint density at radius 2 is 1.77 bits per heavy atom. The molecule has 2 fully saturated rings. The van der Waals surface area contributed by atoms with Gasteiger partial charge in [-0.15, -0.1) is 0 Å². The molecule has 1 unspecified atom stereocenters. The van der Waals surface area contributed by atoms with Gasteiger partial charge in [-0.2, -0.15) is 0 Å². The Morgan fingerprint density at radius 3 is 2.48 bits per heavy atom. The average Bonchev–Trinajstić information content (AvgIpc) is 3.57. The zero-order valence-corrected chi connectivity index (χ0v) is 17.7. The number of imide groups is 1. The van der Waals surface area contributed by atoms with Crippen LogP contribution in [0.5, 0.6) is 11.5 Å². The lowest BCUT2D eigenvalue weighted by Gasteiger charge is -2.37. The van der Waals surface area contributed by atoms with Crippen molar-refractivity contribution in [3.8, 4) is 11.5 Å². The van der Waals surface area contributed by atoms with E-state index in [1.165, 1.54) is 0 Å². The first-order chi connectivity index (χ1) is 15.0. The molecule has 1 saturated carbocycles. The number of nitrogens with one attached hydrogen (secondary N) is 3. The van der Waals surface area contributed by atoms with E-state index >= 15 is 0 Å². The van der Waals surface area contributed by atoms with Gasteiger partial charge in [-0.25, -0.2) is 4.79 Å². The van der Waals surface area contributed by atoms with Gasteiger partial charge >= 0.3 is 6.03 Å². The Hall–Kier alpha value is -2.85. The van der Waals surface area contributed by atoms with Crippen molar-refractivity contribution in [2.24, 2.45) is 0 Å². The average molecular weight is 431 g/mol. The van der Waals surface area contributed by atoms with Gasteiger partial charge in [-0.05, 0) is 31.9 Å². The van der Waals surface area contributed by atoms with Crippen LogP contribution in [0.3, 0.4) is 0 Å². The number of rotatable bonds is 6. The maximum absolute atomic E-state index is 12.5. The number of piperazine rings is 1. The highest BCUT2D eigenvalue weighted by molar-refractivity contribution is 6.02. The Labute approximate surface area is 181 Å². The molecule has 10 nitrogen and oxygen atoms in total. The first kappa shape index (κ1) is 21.4. The normalized spacial score (nSPS) is 19.9. The third kappa shape index (κ3) is 5.86. The number of carbonyl (C=O) groups excluding carboxylic acids is 3. The van der Waals surface area contributed by atoms with Crippen molar-refractivity contribution >= 4 is 23.5 Å². The summed E-state index contributed by atoms with van der Waals surface area (Å²) < 4.78 is 11.0. The molecule has 3 aliphatic rings. The summed E-state index contributed by atoms with van der Waals surface area (Å²) in [5.41, 5.74) is 0.514. The first-order valence-corrected chi connectivity index (χ1v) is 10.8. The van der Waals surface area contributed by atoms with Crippen molar-refractivity contribution in [3.05, 3.63) is 18.2 Å². The van der Waals surface area contributed by atoms with Gasteiger partial charge in [0.1, 0.15) is 13.2 Å². The topological polar surface area (TPSA) is 112 Å². The molecule has 2 heterocycles. The summed E-state index contributed by atoms with van der Waals surface area (Å²) in [4.78, 5) is 40.8. The number of urea groups is 1. The zero-order valence-electron chi connectivity index (χ0n) is 17.7. The van der Waals surface area contributed by atoms with Gasteiger partial charge in [-0.1, -0.05) is 0 Å². The largest absolute Gasteiger partial charge is 0.486 e. The molecular weight excluding hydrogens is 402 g/mol. The Bertz CT molecular complexity index is 835. The van der Waals surface area contributed by atoms with E-state index in [9.17, 15) is 14.4 Å². The van der Waals surface area contributed by atoms with E-state index in [2.05, 4.69) is 20.9 Å². The molecular formula is C21H29N5O5. The molecule has 4 amide bonds. The fraction of sp³-hybridized carbons (Fsp3) is 0.571. The summed E-state index contributed by atoms with van der Waals surface area (Å²) in [6.45, 7) is 5.86. The molecule has 0 aromatic heterocycles. The maximum atomic E-state index is 12.5. The number of hydrogen-bond acceptors (Lipinski definition) is 7. The number of ether oxygens (including phenoxy) is 2. The van der Waals surface area contributed by atoms with E-state index in [0.717, 1.165) is 12.8 Å². The van der Waals surface area contributed by atoms with Crippen LogP contribution in [0.4, 0.5) is 10.5 Å². The highest BCUT2D eigenvalue weighted by Crippen LogP contribution is 2.32. The minimum atomic E-state index is -0.594. The molecule has 2 aliphatic heterocycles. The quantitative estimate of drug-likeness (QED) is 0.597. The summed E-state index contributed by atoms with van der Waals surface area (Å²) in [7, 11) is 0. The van der Waals surface area contributed by atoms with Gasteiger partial charge in [0.05, 0.1) is 12.6 Å². The number of fused-ring (bicyclic) bond motifs is 1. The molecule has 168 valence electrons. The van der Waals surface area contributed by atoms with Crippen LogP contribution in [0.1, 0.15) is 19.8 Å². The highest BCUT2D eigenvalue weighted by atomic mass is 16.6. The van der Waals surface area contributed by atoms with E-state index in [0.29, 0.717) is 69.2 Å². The number of benzene rings is 1. The molecule has 1 atom stereocenters. The van der Waals surface area contributed by atoms with Gasteiger partial charge in [0, 0.05) is 44.0 Å². The lowest BCUT2D eigenvalue weighted by Crippen LogP contribution is -2.56. The predicted octanol–water partition coefficient (Wildman–Crippen LogP) is 0.391. The molecule has 4 rings (SSSR count). The molecule has 3 N–H and O–H groups in total. The van der Waals surface area contributed by atoms with E-state index in [1.54, 1.807) is 25.1 Å². The summed E-state index contributed by atoms with van der Waals surface area (Å²) in [6.07, 6.45) is 2.16. The van der Waals surface area contributed by atoms with E-state index < -0.39 is 12.1 Å². The molecule has 0 spiro atoms. The summed E-state index contributed by atoms with van der Waals surface area (Å²) in [6, 6.07) is 4.40. The molecule has 0 bridgehead atoms. The number of anilines is 1. The van der Waals surface area contributed by atoms with Crippen molar-refractivity contribution in [2.45, 2.75) is 31.8 Å². The lowest BCUT2D eigenvalue weighted by atomic mass is 10.2. The standard InChI is InChI=1S/C21H29N5O5/c1-14(26-8-6-25(7-9-26)13-19(27)22-15-2-3-15)20(28)24-21(29)23-16-4-5-17-18(12-16)31-11-10-30-17/h4-5,12,14-15H,2-3,6-11,13H2,1H3,(H,22,27)(H2,23,24,28,29). The van der Waals surface area contributed by atoms with Gasteiger partial charge in [-0.3, -0.25) is 24.7 Å². The Kier molecular flexibility index (Phi) is 6.57. The van der Waals surface area contributed by atoms with Crippen LogP contribution in [0.2, 0.25) is 0 Å². The maximum Gasteiger partial charge on any atom is 0.325 e. The van der Waals surface area contributed by atoms with Gasteiger partial charge in [0.15, 0.2) is 11.5 Å². The molecule has 1 aromatic rings. The Morgan fingerprint density at radius 1 is 1.06 bits per heavy atom. The van der Waals surface area contributed by atoms with Crippen LogP contribution in [0.15, 0.2) is 18.2 Å². The van der Waals surface area contributed by atoms with E-state index in [1.807, 2.05) is 4.90 Å². The second-order valence-corrected chi connectivity index (χ2v) is 8.13. The van der Waals surface area contributed by atoms with Crippen LogP contribution in [0, 0.1) is 0 Å². The Balaban J connectivity index is 1.20. The van der Waals surface area contributed by atoms with Crippen molar-refractivity contribution in [1.82, 2.24) is 20.4 Å². The number of nitrogens with zero attached hydrogens (tertiary/aromatic N) is 2. The molecule has 1 saturated heterocycles. The fourth-order valence-corrected chi connectivity index (χ4v) is 3.68. The second-order valence-electron chi connectivity index (χ2n) is 8.13. The second kappa shape index (κ2) is 9.52. The van der Waals surface area contributed by atoms with Crippen LogP contribution in [-0.2, 0) is 9.59 Å². The smallest absolute Gasteiger partial charge is 0.325 e. The van der Waals surface area contributed by atoms with Gasteiger partial charge < -0.3 is 20.1 Å². The summed E-state index contributed by atoms with van der Waals surface area (Å²) in [5.74, 6) is 0.894. The SMILES string of the molecule is CC(C(=O)NC(=O)Nc1ccc2c(c1)OCCO2)N1CCN(CC(=O)NC2CC2)CC1. The third-order valence-electron chi connectivity index (χ3n) is 5.68. The fourth-order valence-electron chi connectivity index (χ4n) is 3.68. The molecule has 31 heavy (non-hydrogen) atoms. The van der Waals surface area contributed by atoms with Crippen LogP contribution in [0.25, 0.3) is 0 Å². The third-order valence-corrected chi connectivity index (χ3v) is 5.68. The number of amides is 4. The van der Waals surface area contributed by atoms with Crippen molar-refractivity contribution in [3.63, 3.8) is 0 Å². The number of carbonyl (C=O) groups is 3. The predicted molar refractivity (Wildman–Crippen MR) is 113 cm³/mol. The summed E-state index contributed by atoms with van der Waals surface area (Å²) >= 11 is 0. The minimum absolute atomic E-state index is 0.0672. The molecule has 1 aliphatic carbocycles. The zero-order chi connectivity index (χ0) is 21.8. The number of hydrogen-bond donors (Lipinski definition) is 3. The molecule has 1 aromatic carbocycles. The van der Waals surface area contributed by atoms with Crippen molar-refractivity contribution < 1.29 is 23.9 Å². The van der Waals surface area contributed by atoms with Crippen LogP contribution < -0.4 is 25.4 Å². The van der Waals surface area contributed by atoms with E-state index in [-0.39, 0.29) is 11.8 Å². The van der Waals surface area contributed by atoms with E-state index in [4.69, 9.17) is 9.47 Å². The molecule has 10 heteroatoms. The lowest BCUT2D eigenvalue weighted by molar-refractivity contribution is -0.127. The van der Waals surface area contributed by atoms with Gasteiger partial charge in [0.2, 0.25) is 11.8 Å². The highest BCUT2D eigenvalue weighted by Gasteiger charge is 2.28. The van der Waals surface area contributed by atoms with Crippen LogP contribution >= 0.6 is 0 Å². The van der Waals surface area contributed by atoms with Crippen LogP contribution in [-0.4, -0.2) is 85.7 Å². The molecule has 0 radical (unpaired) electrons. The van der Waals surface area contributed by atoms with Crippen molar-refractivity contribution in [1.29, 1.82) is 0 Å². The minimum Gasteiger partial charge on any atom is -0.486 e. The monoisotopic (exact) mass is 431 g/mol. The summed E-state index contributed by atoms with van der Waals surface area (Å²) in [5, 5.41) is 8.04. The first-order valence-electron chi connectivity index (χ1n) is 10.8.